The van der Waals surface area contributed by atoms with E-state index < -0.39 is 0 Å². The van der Waals surface area contributed by atoms with Crippen molar-refractivity contribution in [2.45, 2.75) is 37.9 Å². The highest BCUT2D eigenvalue weighted by Gasteiger charge is 2.51. The number of nitrogens with zero attached hydrogens (tertiary/aromatic N) is 1. The van der Waals surface area contributed by atoms with Gasteiger partial charge in [0.1, 0.15) is 0 Å². The number of nitrogens with two attached hydrogens (primary N) is 1. The van der Waals surface area contributed by atoms with Crippen molar-refractivity contribution < 1.29 is 4.74 Å². The van der Waals surface area contributed by atoms with Gasteiger partial charge >= 0.3 is 0 Å². The number of hydrogen-bond donors (Lipinski definition) is 1. The first-order valence-corrected chi connectivity index (χ1v) is 6.44. The van der Waals surface area contributed by atoms with Crippen LogP contribution in [0.25, 0.3) is 0 Å². The summed E-state index contributed by atoms with van der Waals surface area (Å²) in [4.78, 5) is 4.36. The van der Waals surface area contributed by atoms with Gasteiger partial charge in [-0.3, -0.25) is 0 Å². The SMILES string of the molecule is NCC1(Cc2nccs2)CC2CCC1O2. The van der Waals surface area contributed by atoms with Crippen LogP contribution in [0, 0.1) is 5.41 Å². The molecule has 2 N–H and O–H groups in total. The summed E-state index contributed by atoms with van der Waals surface area (Å²) in [5, 5.41) is 3.24. The quantitative estimate of drug-likeness (QED) is 0.848. The smallest absolute Gasteiger partial charge is 0.0931 e. The highest BCUT2D eigenvalue weighted by Crippen LogP contribution is 2.49. The number of fused-ring (bicyclic) bond motifs is 2. The monoisotopic (exact) mass is 224 g/mol. The second kappa shape index (κ2) is 3.54. The van der Waals surface area contributed by atoms with Gasteiger partial charge in [-0.1, -0.05) is 0 Å². The minimum Gasteiger partial charge on any atom is -0.374 e. The van der Waals surface area contributed by atoms with Crippen LogP contribution in [0.1, 0.15) is 24.3 Å². The lowest BCUT2D eigenvalue weighted by Crippen LogP contribution is -2.41. The Morgan fingerprint density at radius 3 is 3.07 bits per heavy atom. The summed E-state index contributed by atoms with van der Waals surface area (Å²) >= 11 is 1.73. The van der Waals surface area contributed by atoms with E-state index in [1.165, 1.54) is 17.8 Å². The van der Waals surface area contributed by atoms with Crippen molar-refractivity contribution in [2.75, 3.05) is 6.54 Å². The van der Waals surface area contributed by atoms with Crippen LogP contribution in [0.2, 0.25) is 0 Å². The van der Waals surface area contributed by atoms with Crippen LogP contribution in [0.5, 0.6) is 0 Å². The summed E-state index contributed by atoms with van der Waals surface area (Å²) in [5.41, 5.74) is 6.15. The van der Waals surface area contributed by atoms with Gasteiger partial charge in [0.15, 0.2) is 0 Å². The van der Waals surface area contributed by atoms with Crippen LogP contribution in [0.3, 0.4) is 0 Å². The Kier molecular flexibility index (Phi) is 2.30. The minimum atomic E-state index is 0.181. The molecule has 3 rings (SSSR count). The Bertz CT molecular complexity index is 340. The average molecular weight is 224 g/mol. The average Bonchev–Trinajstić information content (AvgIpc) is 2.93. The lowest BCUT2D eigenvalue weighted by atomic mass is 9.72. The molecule has 3 heterocycles. The minimum absolute atomic E-state index is 0.181. The molecule has 0 aliphatic carbocycles. The first-order chi connectivity index (χ1) is 7.32. The molecule has 0 saturated carbocycles. The zero-order valence-electron chi connectivity index (χ0n) is 8.69. The predicted molar refractivity (Wildman–Crippen MR) is 59.8 cm³/mol. The molecule has 15 heavy (non-hydrogen) atoms. The second-order valence-corrected chi connectivity index (χ2v) is 5.68. The van der Waals surface area contributed by atoms with Crippen LogP contribution in [0.4, 0.5) is 0 Å². The lowest BCUT2D eigenvalue weighted by Gasteiger charge is -2.33. The highest BCUT2D eigenvalue weighted by molar-refractivity contribution is 7.09. The van der Waals surface area contributed by atoms with E-state index in [9.17, 15) is 0 Å². The van der Waals surface area contributed by atoms with E-state index in [2.05, 4.69) is 4.98 Å². The molecule has 82 valence electrons. The van der Waals surface area contributed by atoms with Crippen molar-refractivity contribution in [1.82, 2.24) is 4.98 Å². The Balaban J connectivity index is 1.82. The Labute approximate surface area is 93.7 Å². The second-order valence-electron chi connectivity index (χ2n) is 4.70. The van der Waals surface area contributed by atoms with E-state index in [1.807, 2.05) is 11.6 Å². The molecular formula is C11H16N2OS. The van der Waals surface area contributed by atoms with Crippen LogP contribution in [0.15, 0.2) is 11.6 Å². The summed E-state index contributed by atoms with van der Waals surface area (Å²) in [6.07, 6.45) is 7.28. The number of rotatable bonds is 3. The van der Waals surface area contributed by atoms with Crippen molar-refractivity contribution in [3.05, 3.63) is 16.6 Å². The molecule has 0 aromatic carbocycles. The van der Waals surface area contributed by atoms with Crippen LogP contribution in [-0.4, -0.2) is 23.7 Å². The van der Waals surface area contributed by atoms with Crippen molar-refractivity contribution in [1.29, 1.82) is 0 Å². The standard InChI is InChI=1S/C11H16N2OS/c12-7-11(6-10-13-3-4-15-10)5-8-1-2-9(11)14-8/h3-4,8-9H,1-2,5-7,12H2. The summed E-state index contributed by atoms with van der Waals surface area (Å²) < 4.78 is 5.92. The van der Waals surface area contributed by atoms with Gasteiger partial charge in [-0.05, 0) is 19.3 Å². The van der Waals surface area contributed by atoms with Crippen molar-refractivity contribution in [3.8, 4) is 0 Å². The van der Waals surface area contributed by atoms with Gasteiger partial charge in [-0.2, -0.15) is 0 Å². The summed E-state index contributed by atoms with van der Waals surface area (Å²) in [6, 6.07) is 0. The van der Waals surface area contributed by atoms with Gasteiger partial charge < -0.3 is 10.5 Å². The van der Waals surface area contributed by atoms with Gasteiger partial charge in [0.25, 0.3) is 0 Å². The van der Waals surface area contributed by atoms with E-state index in [4.69, 9.17) is 10.5 Å². The lowest BCUT2D eigenvalue weighted by molar-refractivity contribution is 0.0636. The van der Waals surface area contributed by atoms with E-state index in [0.29, 0.717) is 12.2 Å². The van der Waals surface area contributed by atoms with Crippen LogP contribution < -0.4 is 5.73 Å². The van der Waals surface area contributed by atoms with Crippen LogP contribution >= 0.6 is 11.3 Å². The predicted octanol–water partition coefficient (Wildman–Crippen LogP) is 1.58. The van der Waals surface area contributed by atoms with Gasteiger partial charge in [0.05, 0.1) is 17.2 Å². The molecule has 3 nitrogen and oxygen atoms in total. The molecule has 0 radical (unpaired) electrons. The maximum absolute atomic E-state index is 5.97. The molecule has 4 heteroatoms. The molecular weight excluding hydrogens is 208 g/mol. The number of ether oxygens (including phenoxy) is 1. The Morgan fingerprint density at radius 2 is 2.53 bits per heavy atom. The normalized spacial score (nSPS) is 38.7. The van der Waals surface area contributed by atoms with Gasteiger partial charge in [-0.25, -0.2) is 4.98 Å². The molecule has 2 aliphatic rings. The molecule has 2 fully saturated rings. The third kappa shape index (κ3) is 1.51. The fourth-order valence-electron chi connectivity index (χ4n) is 3.01. The summed E-state index contributed by atoms with van der Waals surface area (Å²) in [7, 11) is 0. The molecule has 3 unspecified atom stereocenters. The van der Waals surface area contributed by atoms with E-state index in [1.54, 1.807) is 11.3 Å². The fourth-order valence-corrected chi connectivity index (χ4v) is 3.78. The summed E-state index contributed by atoms with van der Waals surface area (Å²) in [6.45, 7) is 0.730. The topological polar surface area (TPSA) is 48.1 Å². The van der Waals surface area contributed by atoms with Crippen molar-refractivity contribution in [3.63, 3.8) is 0 Å². The first-order valence-electron chi connectivity index (χ1n) is 5.56. The zero-order valence-corrected chi connectivity index (χ0v) is 9.50. The van der Waals surface area contributed by atoms with Crippen molar-refractivity contribution in [2.24, 2.45) is 11.1 Å². The zero-order chi connectivity index (χ0) is 10.3. The van der Waals surface area contributed by atoms with Gasteiger partial charge in [-0.15, -0.1) is 11.3 Å². The van der Waals surface area contributed by atoms with E-state index >= 15 is 0 Å². The Morgan fingerprint density at radius 1 is 1.60 bits per heavy atom. The third-order valence-corrected chi connectivity index (χ3v) is 4.60. The van der Waals surface area contributed by atoms with E-state index in [0.717, 1.165) is 19.4 Å². The number of aromatic nitrogens is 1. The molecule has 2 saturated heterocycles. The maximum Gasteiger partial charge on any atom is 0.0931 e. The van der Waals surface area contributed by atoms with Crippen molar-refractivity contribution >= 4 is 11.3 Å². The molecule has 1 aromatic heterocycles. The van der Waals surface area contributed by atoms with Gasteiger partial charge in [0.2, 0.25) is 0 Å². The van der Waals surface area contributed by atoms with Gasteiger partial charge in [0, 0.05) is 30.0 Å². The highest BCUT2D eigenvalue weighted by atomic mass is 32.1. The fraction of sp³-hybridized carbons (Fsp3) is 0.727. The Hall–Kier alpha value is -0.450. The molecule has 2 bridgehead atoms. The van der Waals surface area contributed by atoms with Crippen LogP contribution in [-0.2, 0) is 11.2 Å². The largest absolute Gasteiger partial charge is 0.374 e. The van der Waals surface area contributed by atoms with E-state index in [-0.39, 0.29) is 5.41 Å². The molecule has 1 aromatic rings. The molecule has 3 atom stereocenters. The maximum atomic E-state index is 5.97. The summed E-state index contributed by atoms with van der Waals surface area (Å²) in [5.74, 6) is 0. The first kappa shape index (κ1) is 9.75. The third-order valence-electron chi connectivity index (χ3n) is 3.82. The molecule has 0 amide bonds. The number of hydrogen-bond acceptors (Lipinski definition) is 4. The molecule has 2 aliphatic heterocycles. The molecule has 0 spiro atoms. The number of thiazole rings is 1.